The van der Waals surface area contributed by atoms with Crippen LogP contribution in [-0.2, 0) is 14.8 Å². The first kappa shape index (κ1) is 19.7. The van der Waals surface area contributed by atoms with E-state index in [2.05, 4.69) is 4.90 Å². The average Bonchev–Trinajstić information content (AvgIpc) is 2.82. The number of hydrogen-bond acceptors (Lipinski definition) is 4. The SMILES string of the molecule is CCS(=O)(=O)N1CCC(N(CC(=O)O)CC2CCCCCC2)CC1. The second-order valence-electron chi connectivity index (χ2n) is 7.21. The lowest BCUT2D eigenvalue weighted by atomic mass is 9.97. The smallest absolute Gasteiger partial charge is 0.317 e. The number of carboxylic acid groups (broad SMARTS) is 1. The van der Waals surface area contributed by atoms with E-state index in [9.17, 15) is 18.3 Å². The lowest BCUT2D eigenvalue weighted by Crippen LogP contribution is -2.49. The third kappa shape index (κ3) is 5.70. The van der Waals surface area contributed by atoms with Gasteiger partial charge in [0.2, 0.25) is 10.0 Å². The molecule has 6 nitrogen and oxygen atoms in total. The van der Waals surface area contributed by atoms with Gasteiger partial charge in [0.1, 0.15) is 0 Å². The largest absolute Gasteiger partial charge is 0.480 e. The Morgan fingerprint density at radius 2 is 1.67 bits per heavy atom. The van der Waals surface area contributed by atoms with Gasteiger partial charge in [-0.1, -0.05) is 25.7 Å². The first-order valence-electron chi connectivity index (χ1n) is 9.36. The summed E-state index contributed by atoms with van der Waals surface area (Å²) >= 11 is 0. The van der Waals surface area contributed by atoms with Gasteiger partial charge in [-0.3, -0.25) is 9.69 Å². The molecule has 0 aromatic carbocycles. The predicted molar refractivity (Wildman–Crippen MR) is 94.5 cm³/mol. The minimum atomic E-state index is -3.13. The van der Waals surface area contributed by atoms with E-state index in [4.69, 9.17) is 0 Å². The molecular formula is C17H32N2O4S. The zero-order chi connectivity index (χ0) is 17.6. The molecule has 1 saturated heterocycles. The van der Waals surface area contributed by atoms with E-state index in [1.807, 2.05) is 0 Å². The third-order valence-corrected chi connectivity index (χ3v) is 7.39. The molecule has 2 fully saturated rings. The molecule has 1 aliphatic heterocycles. The summed E-state index contributed by atoms with van der Waals surface area (Å²) in [5, 5.41) is 9.27. The van der Waals surface area contributed by atoms with Crippen molar-refractivity contribution in [2.75, 3.05) is 31.9 Å². The Balaban J connectivity index is 1.94. The lowest BCUT2D eigenvalue weighted by molar-refractivity contribution is -0.139. The summed E-state index contributed by atoms with van der Waals surface area (Å²) in [5.41, 5.74) is 0. The van der Waals surface area contributed by atoms with Crippen LogP contribution in [0.25, 0.3) is 0 Å². The zero-order valence-corrected chi connectivity index (χ0v) is 15.6. The Bertz CT molecular complexity index is 493. The molecule has 0 aromatic rings. The van der Waals surface area contributed by atoms with Crippen LogP contribution in [0.4, 0.5) is 0 Å². The molecule has 140 valence electrons. The van der Waals surface area contributed by atoms with E-state index >= 15 is 0 Å². The number of hydrogen-bond donors (Lipinski definition) is 1. The topological polar surface area (TPSA) is 77.9 Å². The van der Waals surface area contributed by atoms with Gasteiger partial charge in [-0.15, -0.1) is 0 Å². The maximum atomic E-state index is 12.0. The first-order chi connectivity index (χ1) is 11.4. The Morgan fingerprint density at radius 3 is 2.17 bits per heavy atom. The van der Waals surface area contributed by atoms with Crippen LogP contribution in [0.2, 0.25) is 0 Å². The summed E-state index contributed by atoms with van der Waals surface area (Å²) < 4.78 is 25.5. The first-order valence-corrected chi connectivity index (χ1v) is 11.0. The van der Waals surface area contributed by atoms with E-state index in [0.29, 0.717) is 19.0 Å². The number of carbonyl (C=O) groups is 1. The molecule has 1 aliphatic carbocycles. The van der Waals surface area contributed by atoms with E-state index in [1.165, 1.54) is 38.5 Å². The van der Waals surface area contributed by atoms with Crippen molar-refractivity contribution >= 4 is 16.0 Å². The summed E-state index contributed by atoms with van der Waals surface area (Å²) in [5.74, 6) is -0.0602. The Hall–Kier alpha value is -0.660. The Kier molecular flexibility index (Phi) is 7.50. The Morgan fingerprint density at radius 1 is 1.08 bits per heavy atom. The molecule has 2 rings (SSSR count). The molecule has 0 atom stereocenters. The van der Waals surface area contributed by atoms with Crippen LogP contribution in [0.3, 0.4) is 0 Å². The minimum Gasteiger partial charge on any atom is -0.480 e. The van der Waals surface area contributed by atoms with Crippen molar-refractivity contribution in [2.45, 2.75) is 64.3 Å². The summed E-state index contributed by atoms with van der Waals surface area (Å²) in [6, 6.07) is 0.188. The van der Waals surface area contributed by atoms with Gasteiger partial charge in [-0.05, 0) is 38.5 Å². The van der Waals surface area contributed by atoms with Gasteiger partial charge in [0.25, 0.3) is 0 Å². The molecule has 1 N–H and O–H groups in total. The average molecular weight is 361 g/mol. The van der Waals surface area contributed by atoms with Gasteiger partial charge in [-0.25, -0.2) is 12.7 Å². The van der Waals surface area contributed by atoms with Gasteiger partial charge in [0.15, 0.2) is 0 Å². The molecule has 2 aliphatic rings. The van der Waals surface area contributed by atoms with Crippen molar-refractivity contribution in [2.24, 2.45) is 5.92 Å². The predicted octanol–water partition coefficient (Wildman–Crippen LogP) is 2.16. The molecule has 0 bridgehead atoms. The fraction of sp³-hybridized carbons (Fsp3) is 0.941. The fourth-order valence-electron chi connectivity index (χ4n) is 4.06. The van der Waals surface area contributed by atoms with Crippen LogP contribution in [-0.4, -0.2) is 66.7 Å². The monoisotopic (exact) mass is 360 g/mol. The Labute approximate surface area is 146 Å². The zero-order valence-electron chi connectivity index (χ0n) is 14.8. The number of aliphatic carboxylic acids is 1. The number of rotatable bonds is 7. The van der Waals surface area contributed by atoms with Gasteiger partial charge >= 0.3 is 5.97 Å². The van der Waals surface area contributed by atoms with E-state index in [-0.39, 0.29) is 18.3 Å². The second kappa shape index (κ2) is 9.15. The van der Waals surface area contributed by atoms with Gasteiger partial charge in [-0.2, -0.15) is 0 Å². The molecule has 1 saturated carbocycles. The number of piperidine rings is 1. The normalized spacial score (nSPS) is 22.6. The van der Waals surface area contributed by atoms with Crippen LogP contribution < -0.4 is 0 Å². The second-order valence-corrected chi connectivity index (χ2v) is 9.47. The van der Waals surface area contributed by atoms with Crippen molar-refractivity contribution in [3.05, 3.63) is 0 Å². The van der Waals surface area contributed by atoms with E-state index in [0.717, 1.165) is 19.4 Å². The van der Waals surface area contributed by atoms with Crippen LogP contribution >= 0.6 is 0 Å². The molecule has 0 unspecified atom stereocenters. The lowest BCUT2D eigenvalue weighted by Gasteiger charge is -2.38. The molecule has 24 heavy (non-hydrogen) atoms. The fourth-order valence-corrected chi connectivity index (χ4v) is 5.19. The quantitative estimate of drug-likeness (QED) is 0.704. The highest BCUT2D eigenvalue weighted by Gasteiger charge is 2.31. The highest BCUT2D eigenvalue weighted by Crippen LogP contribution is 2.26. The minimum absolute atomic E-state index is 0.0711. The van der Waals surface area contributed by atoms with Crippen molar-refractivity contribution in [1.29, 1.82) is 0 Å². The van der Waals surface area contributed by atoms with Gasteiger partial charge in [0, 0.05) is 25.7 Å². The maximum Gasteiger partial charge on any atom is 0.317 e. The van der Waals surface area contributed by atoms with Gasteiger partial charge < -0.3 is 5.11 Å². The van der Waals surface area contributed by atoms with Crippen molar-refractivity contribution in [3.63, 3.8) is 0 Å². The third-order valence-electron chi connectivity index (χ3n) is 5.50. The summed E-state index contributed by atoms with van der Waals surface area (Å²) in [7, 11) is -3.13. The highest BCUT2D eigenvalue weighted by atomic mass is 32.2. The van der Waals surface area contributed by atoms with Crippen LogP contribution in [0.1, 0.15) is 58.3 Å². The molecule has 7 heteroatoms. The molecule has 1 heterocycles. The molecule has 0 amide bonds. The van der Waals surface area contributed by atoms with Crippen LogP contribution in [0.15, 0.2) is 0 Å². The molecule has 0 aromatic heterocycles. The van der Waals surface area contributed by atoms with E-state index < -0.39 is 16.0 Å². The standard InChI is InChI=1S/C17H32N2O4S/c1-2-24(22,23)19-11-9-16(10-12-19)18(14-17(20)21)13-15-7-5-3-4-6-8-15/h15-16H,2-14H2,1H3,(H,20,21). The number of carboxylic acids is 1. The van der Waals surface area contributed by atoms with Crippen molar-refractivity contribution in [1.82, 2.24) is 9.21 Å². The molecular weight excluding hydrogens is 328 g/mol. The van der Waals surface area contributed by atoms with E-state index in [1.54, 1.807) is 11.2 Å². The van der Waals surface area contributed by atoms with Crippen molar-refractivity contribution in [3.8, 4) is 0 Å². The maximum absolute atomic E-state index is 12.0. The van der Waals surface area contributed by atoms with Crippen LogP contribution in [0, 0.1) is 5.92 Å². The number of nitrogens with zero attached hydrogens (tertiary/aromatic N) is 2. The number of sulfonamides is 1. The van der Waals surface area contributed by atoms with Crippen molar-refractivity contribution < 1.29 is 18.3 Å². The molecule has 0 radical (unpaired) electrons. The summed E-state index contributed by atoms with van der Waals surface area (Å²) in [6.45, 7) is 3.62. The molecule has 0 spiro atoms. The highest BCUT2D eigenvalue weighted by molar-refractivity contribution is 7.89. The summed E-state index contributed by atoms with van der Waals surface area (Å²) in [6.07, 6.45) is 8.94. The summed E-state index contributed by atoms with van der Waals surface area (Å²) in [4.78, 5) is 13.4. The van der Waals surface area contributed by atoms with Crippen LogP contribution in [0.5, 0.6) is 0 Å². The van der Waals surface area contributed by atoms with Gasteiger partial charge in [0.05, 0.1) is 12.3 Å².